The molecule has 0 aliphatic rings. The molecule has 1 aromatic carbocycles. The molecule has 0 saturated carbocycles. The Morgan fingerprint density at radius 3 is 2.77 bits per heavy atom. The summed E-state index contributed by atoms with van der Waals surface area (Å²) in [6.45, 7) is 0.585. The van der Waals surface area contributed by atoms with E-state index in [2.05, 4.69) is 0 Å². The van der Waals surface area contributed by atoms with Gasteiger partial charge in [0, 0.05) is 23.3 Å². The molecule has 0 aliphatic carbocycles. The second kappa shape index (κ2) is 4.46. The van der Waals surface area contributed by atoms with E-state index in [1.807, 2.05) is 25.2 Å². The van der Waals surface area contributed by atoms with Crippen LogP contribution in [0.2, 0.25) is 5.02 Å². The summed E-state index contributed by atoms with van der Waals surface area (Å²) < 4.78 is 0. The van der Waals surface area contributed by atoms with Gasteiger partial charge >= 0.3 is 0 Å². The summed E-state index contributed by atoms with van der Waals surface area (Å²) in [7, 11) is 3.43. The summed E-state index contributed by atoms with van der Waals surface area (Å²) >= 11 is 5.97. The highest BCUT2D eigenvalue weighted by Crippen LogP contribution is 2.22. The van der Waals surface area contributed by atoms with Crippen LogP contribution < -0.4 is 5.73 Å². The first-order valence-electron chi connectivity index (χ1n) is 3.93. The Balaban J connectivity index is 2.87. The lowest BCUT2D eigenvalue weighted by Crippen LogP contribution is -2.17. The molecule has 13 heavy (non-hydrogen) atoms. The van der Waals surface area contributed by atoms with E-state index >= 15 is 0 Å². The highest BCUT2D eigenvalue weighted by Gasteiger charge is 2.06. The lowest BCUT2D eigenvalue weighted by Gasteiger charge is -2.15. The first-order valence-corrected chi connectivity index (χ1v) is 4.31. The van der Waals surface area contributed by atoms with Crippen molar-refractivity contribution >= 4 is 17.3 Å². The summed E-state index contributed by atoms with van der Waals surface area (Å²) in [6, 6.07) is 5.47. The Bertz CT molecular complexity index is 271. The molecule has 0 unspecified atom stereocenters. The van der Waals surface area contributed by atoms with Crippen LogP contribution >= 0.6 is 11.6 Å². The Labute approximate surface area is 83.0 Å². The molecule has 0 aliphatic heterocycles. The second-order valence-electron chi connectivity index (χ2n) is 2.78. The van der Waals surface area contributed by atoms with Crippen LogP contribution in [-0.2, 0) is 11.4 Å². The Hall–Kier alpha value is -0.770. The van der Waals surface area contributed by atoms with E-state index < -0.39 is 0 Å². The Morgan fingerprint density at radius 1 is 1.54 bits per heavy atom. The molecule has 0 spiro atoms. The maximum atomic E-state index is 5.97. The van der Waals surface area contributed by atoms with Gasteiger partial charge in [0.15, 0.2) is 0 Å². The third-order valence-corrected chi connectivity index (χ3v) is 2.20. The van der Waals surface area contributed by atoms with Crippen LogP contribution in [0, 0.1) is 0 Å². The zero-order chi connectivity index (χ0) is 9.84. The van der Waals surface area contributed by atoms with Crippen LogP contribution in [0.25, 0.3) is 0 Å². The summed E-state index contributed by atoms with van der Waals surface area (Å²) in [4.78, 5) is 4.98. The van der Waals surface area contributed by atoms with Crippen LogP contribution in [0.4, 0.5) is 5.69 Å². The zero-order valence-electron chi connectivity index (χ0n) is 7.75. The number of benzene rings is 1. The van der Waals surface area contributed by atoms with Gasteiger partial charge in [0.05, 0.1) is 13.7 Å². The molecule has 0 radical (unpaired) electrons. The number of anilines is 1. The normalized spacial score (nSPS) is 10.8. The first-order chi connectivity index (χ1) is 6.15. The van der Waals surface area contributed by atoms with Crippen molar-refractivity contribution in [1.82, 2.24) is 5.06 Å². The lowest BCUT2D eigenvalue weighted by molar-refractivity contribution is -0.116. The minimum absolute atomic E-state index is 0.585. The monoisotopic (exact) mass is 200 g/mol. The van der Waals surface area contributed by atoms with Crippen LogP contribution in [0.3, 0.4) is 0 Å². The SMILES string of the molecule is CON(C)Cc1c(N)cccc1Cl. The van der Waals surface area contributed by atoms with Crippen molar-refractivity contribution in [2.24, 2.45) is 0 Å². The predicted octanol–water partition coefficient (Wildman–Crippen LogP) is 1.92. The van der Waals surface area contributed by atoms with Gasteiger partial charge in [-0.3, -0.25) is 0 Å². The van der Waals surface area contributed by atoms with E-state index in [0.29, 0.717) is 17.3 Å². The van der Waals surface area contributed by atoms with Crippen molar-refractivity contribution in [3.8, 4) is 0 Å². The number of halogens is 1. The average Bonchev–Trinajstić information content (AvgIpc) is 2.11. The van der Waals surface area contributed by atoms with E-state index in [0.717, 1.165) is 5.56 Å². The van der Waals surface area contributed by atoms with Crippen LogP contribution in [0.15, 0.2) is 18.2 Å². The van der Waals surface area contributed by atoms with Gasteiger partial charge in [-0.15, -0.1) is 0 Å². The van der Waals surface area contributed by atoms with Crippen molar-refractivity contribution in [3.63, 3.8) is 0 Å². The third-order valence-electron chi connectivity index (χ3n) is 1.85. The van der Waals surface area contributed by atoms with Crippen molar-refractivity contribution in [3.05, 3.63) is 28.8 Å². The minimum Gasteiger partial charge on any atom is -0.398 e. The number of hydroxylamine groups is 2. The fourth-order valence-electron chi connectivity index (χ4n) is 1.03. The van der Waals surface area contributed by atoms with Gasteiger partial charge in [0.1, 0.15) is 0 Å². The van der Waals surface area contributed by atoms with Gasteiger partial charge in [-0.1, -0.05) is 17.7 Å². The number of nitrogens with two attached hydrogens (primary N) is 1. The number of hydrogen-bond acceptors (Lipinski definition) is 3. The van der Waals surface area contributed by atoms with Crippen LogP contribution in [0.5, 0.6) is 0 Å². The van der Waals surface area contributed by atoms with Gasteiger partial charge in [-0.2, -0.15) is 5.06 Å². The predicted molar refractivity (Wildman–Crippen MR) is 54.3 cm³/mol. The van der Waals surface area contributed by atoms with Gasteiger partial charge in [-0.25, -0.2) is 0 Å². The van der Waals surface area contributed by atoms with Gasteiger partial charge in [-0.05, 0) is 12.1 Å². The molecule has 3 nitrogen and oxygen atoms in total. The number of nitrogens with zero attached hydrogens (tertiary/aromatic N) is 1. The fraction of sp³-hybridized carbons (Fsp3) is 0.333. The molecular weight excluding hydrogens is 188 g/mol. The molecular formula is C9H13ClN2O. The van der Waals surface area contributed by atoms with E-state index in [4.69, 9.17) is 22.2 Å². The van der Waals surface area contributed by atoms with E-state index in [1.165, 1.54) is 0 Å². The largest absolute Gasteiger partial charge is 0.398 e. The number of nitrogen functional groups attached to an aromatic ring is 1. The molecule has 1 rings (SSSR count). The zero-order valence-corrected chi connectivity index (χ0v) is 8.51. The van der Waals surface area contributed by atoms with Crippen molar-refractivity contribution in [2.75, 3.05) is 19.9 Å². The average molecular weight is 201 g/mol. The number of rotatable bonds is 3. The molecule has 0 fully saturated rings. The summed E-state index contributed by atoms with van der Waals surface area (Å²) in [6.07, 6.45) is 0. The first kappa shape index (κ1) is 10.3. The topological polar surface area (TPSA) is 38.5 Å². The molecule has 72 valence electrons. The lowest BCUT2D eigenvalue weighted by atomic mass is 10.2. The Kier molecular flexibility index (Phi) is 3.54. The maximum absolute atomic E-state index is 5.97. The third kappa shape index (κ3) is 2.59. The van der Waals surface area contributed by atoms with E-state index in [1.54, 1.807) is 12.2 Å². The van der Waals surface area contributed by atoms with Crippen molar-refractivity contribution in [1.29, 1.82) is 0 Å². The van der Waals surface area contributed by atoms with Crippen molar-refractivity contribution in [2.45, 2.75) is 6.54 Å². The number of hydrogen-bond donors (Lipinski definition) is 1. The van der Waals surface area contributed by atoms with Crippen LogP contribution in [0.1, 0.15) is 5.56 Å². The molecule has 0 heterocycles. The maximum Gasteiger partial charge on any atom is 0.0575 e. The van der Waals surface area contributed by atoms with E-state index in [-0.39, 0.29) is 0 Å². The molecule has 0 saturated heterocycles. The molecule has 4 heteroatoms. The Morgan fingerprint density at radius 2 is 2.23 bits per heavy atom. The fourth-order valence-corrected chi connectivity index (χ4v) is 1.27. The molecule has 0 bridgehead atoms. The summed E-state index contributed by atoms with van der Waals surface area (Å²) in [5.41, 5.74) is 7.35. The highest BCUT2D eigenvalue weighted by atomic mass is 35.5. The van der Waals surface area contributed by atoms with Crippen LogP contribution in [-0.4, -0.2) is 19.2 Å². The van der Waals surface area contributed by atoms with Gasteiger partial charge < -0.3 is 10.6 Å². The smallest absolute Gasteiger partial charge is 0.0575 e. The molecule has 0 amide bonds. The molecule has 2 N–H and O–H groups in total. The summed E-state index contributed by atoms with van der Waals surface area (Å²) in [5.74, 6) is 0. The van der Waals surface area contributed by atoms with Gasteiger partial charge in [0.25, 0.3) is 0 Å². The van der Waals surface area contributed by atoms with E-state index in [9.17, 15) is 0 Å². The summed E-state index contributed by atoms with van der Waals surface area (Å²) in [5, 5.41) is 2.33. The van der Waals surface area contributed by atoms with Crippen molar-refractivity contribution < 1.29 is 4.84 Å². The molecule has 0 aromatic heterocycles. The highest BCUT2D eigenvalue weighted by molar-refractivity contribution is 6.31. The second-order valence-corrected chi connectivity index (χ2v) is 3.18. The standard InChI is InChI=1S/C9H13ClN2O/c1-12(13-2)6-7-8(10)4-3-5-9(7)11/h3-5H,6,11H2,1-2H3. The molecule has 1 aromatic rings. The van der Waals surface area contributed by atoms with Gasteiger partial charge in [0.2, 0.25) is 0 Å². The molecule has 0 atom stereocenters. The minimum atomic E-state index is 0.585. The quantitative estimate of drug-likeness (QED) is 0.599.